The first-order valence-electron chi connectivity index (χ1n) is 4.70. The van der Waals surface area contributed by atoms with Crippen LogP contribution in [0.3, 0.4) is 0 Å². The van der Waals surface area contributed by atoms with E-state index in [1.807, 2.05) is 0 Å². The smallest absolute Gasteiger partial charge is 0.124 e. The van der Waals surface area contributed by atoms with Gasteiger partial charge in [0.05, 0.1) is 0 Å². The molecular formula is C11H12ClFO. The van der Waals surface area contributed by atoms with Gasteiger partial charge in [-0.3, -0.25) is 0 Å². The van der Waals surface area contributed by atoms with Crippen LogP contribution in [0.1, 0.15) is 18.4 Å². The average molecular weight is 215 g/mol. The van der Waals surface area contributed by atoms with Gasteiger partial charge in [0.25, 0.3) is 0 Å². The zero-order chi connectivity index (χ0) is 10.2. The van der Waals surface area contributed by atoms with Crippen LogP contribution in [0.4, 0.5) is 4.39 Å². The number of aliphatic hydroxyl groups is 1. The van der Waals surface area contributed by atoms with Gasteiger partial charge in [-0.25, -0.2) is 4.39 Å². The van der Waals surface area contributed by atoms with Crippen LogP contribution in [0.15, 0.2) is 18.2 Å². The molecule has 0 spiro atoms. The molecule has 0 amide bonds. The predicted octanol–water partition coefficient (Wildman–Crippen LogP) is 2.79. The maximum Gasteiger partial charge on any atom is 0.124 e. The standard InChI is InChI=1S/C11H12ClFO/c12-10-5-9(13)2-1-8(10)6-11(7-14)3-4-11/h1-2,5,14H,3-4,6-7H2. The van der Waals surface area contributed by atoms with Crippen molar-refractivity contribution in [3.8, 4) is 0 Å². The summed E-state index contributed by atoms with van der Waals surface area (Å²) in [4.78, 5) is 0. The average Bonchev–Trinajstić information content (AvgIpc) is 2.91. The van der Waals surface area contributed by atoms with E-state index in [0.29, 0.717) is 5.02 Å². The van der Waals surface area contributed by atoms with Crippen LogP contribution in [0.25, 0.3) is 0 Å². The lowest BCUT2D eigenvalue weighted by Gasteiger charge is -2.12. The maximum atomic E-state index is 12.7. The SMILES string of the molecule is OCC1(Cc2ccc(F)cc2Cl)CC1. The molecular weight excluding hydrogens is 203 g/mol. The van der Waals surface area contributed by atoms with Gasteiger partial charge in [-0.1, -0.05) is 17.7 Å². The van der Waals surface area contributed by atoms with E-state index in [0.717, 1.165) is 24.8 Å². The summed E-state index contributed by atoms with van der Waals surface area (Å²) in [6, 6.07) is 4.44. The van der Waals surface area contributed by atoms with Crippen molar-refractivity contribution in [2.75, 3.05) is 6.61 Å². The van der Waals surface area contributed by atoms with Gasteiger partial charge in [0.2, 0.25) is 0 Å². The van der Waals surface area contributed by atoms with E-state index in [1.54, 1.807) is 6.07 Å². The van der Waals surface area contributed by atoms with Gasteiger partial charge in [0, 0.05) is 11.6 Å². The monoisotopic (exact) mass is 214 g/mol. The van der Waals surface area contributed by atoms with E-state index >= 15 is 0 Å². The first-order valence-corrected chi connectivity index (χ1v) is 5.08. The minimum Gasteiger partial charge on any atom is -0.396 e. The normalized spacial score (nSPS) is 18.2. The van der Waals surface area contributed by atoms with E-state index in [1.165, 1.54) is 12.1 Å². The third-order valence-corrected chi connectivity index (χ3v) is 3.22. The molecule has 0 aromatic heterocycles. The van der Waals surface area contributed by atoms with E-state index in [2.05, 4.69) is 0 Å². The lowest BCUT2D eigenvalue weighted by Crippen LogP contribution is -2.10. The fourth-order valence-corrected chi connectivity index (χ4v) is 1.87. The highest BCUT2D eigenvalue weighted by molar-refractivity contribution is 6.31. The fourth-order valence-electron chi connectivity index (χ4n) is 1.64. The largest absolute Gasteiger partial charge is 0.396 e. The number of benzene rings is 1. The molecule has 0 atom stereocenters. The van der Waals surface area contributed by atoms with Gasteiger partial charge in [-0.2, -0.15) is 0 Å². The summed E-state index contributed by atoms with van der Waals surface area (Å²) in [5, 5.41) is 9.61. The number of hydrogen-bond donors (Lipinski definition) is 1. The van der Waals surface area contributed by atoms with Gasteiger partial charge >= 0.3 is 0 Å². The highest BCUT2D eigenvalue weighted by Crippen LogP contribution is 2.48. The van der Waals surface area contributed by atoms with Gasteiger partial charge in [0.1, 0.15) is 5.82 Å². The molecule has 1 aromatic carbocycles. The van der Waals surface area contributed by atoms with Crippen molar-refractivity contribution < 1.29 is 9.50 Å². The molecule has 3 heteroatoms. The lowest BCUT2D eigenvalue weighted by atomic mass is 9.97. The van der Waals surface area contributed by atoms with Crippen molar-refractivity contribution in [3.63, 3.8) is 0 Å². The first kappa shape index (κ1) is 9.94. The van der Waals surface area contributed by atoms with Crippen LogP contribution in [-0.4, -0.2) is 11.7 Å². The predicted molar refractivity (Wildman–Crippen MR) is 53.9 cm³/mol. The van der Waals surface area contributed by atoms with E-state index in [9.17, 15) is 4.39 Å². The third-order valence-electron chi connectivity index (χ3n) is 2.87. The van der Waals surface area contributed by atoms with E-state index in [-0.39, 0.29) is 17.8 Å². The molecule has 1 aliphatic rings. The molecule has 0 radical (unpaired) electrons. The van der Waals surface area contributed by atoms with Crippen LogP contribution in [0.2, 0.25) is 5.02 Å². The van der Waals surface area contributed by atoms with Gasteiger partial charge < -0.3 is 5.11 Å². The van der Waals surface area contributed by atoms with Crippen LogP contribution in [0.5, 0.6) is 0 Å². The molecule has 76 valence electrons. The third kappa shape index (κ3) is 1.91. The number of aliphatic hydroxyl groups excluding tert-OH is 1. The Bertz CT molecular complexity index is 347. The molecule has 0 heterocycles. The highest BCUT2D eigenvalue weighted by atomic mass is 35.5. The van der Waals surface area contributed by atoms with E-state index in [4.69, 9.17) is 16.7 Å². The minimum atomic E-state index is -0.312. The Hall–Kier alpha value is -0.600. The molecule has 0 saturated heterocycles. The summed E-state index contributed by atoms with van der Waals surface area (Å²) >= 11 is 5.90. The highest BCUT2D eigenvalue weighted by Gasteiger charge is 2.42. The minimum absolute atomic E-state index is 0.0292. The quantitative estimate of drug-likeness (QED) is 0.821. The number of rotatable bonds is 3. The Morgan fingerprint density at radius 3 is 2.64 bits per heavy atom. The zero-order valence-electron chi connectivity index (χ0n) is 7.76. The Morgan fingerprint density at radius 1 is 1.43 bits per heavy atom. The Morgan fingerprint density at radius 2 is 2.14 bits per heavy atom. The van der Waals surface area contributed by atoms with Crippen molar-refractivity contribution in [2.24, 2.45) is 5.41 Å². The van der Waals surface area contributed by atoms with Gasteiger partial charge in [-0.05, 0) is 42.4 Å². The van der Waals surface area contributed by atoms with Crippen molar-refractivity contribution in [1.82, 2.24) is 0 Å². The Kier molecular flexibility index (Phi) is 2.50. The van der Waals surface area contributed by atoms with Crippen LogP contribution < -0.4 is 0 Å². The van der Waals surface area contributed by atoms with Crippen LogP contribution in [-0.2, 0) is 6.42 Å². The summed E-state index contributed by atoms with van der Waals surface area (Å²) in [6.07, 6.45) is 2.83. The topological polar surface area (TPSA) is 20.2 Å². The molecule has 1 saturated carbocycles. The summed E-state index contributed by atoms with van der Waals surface area (Å²) in [5.74, 6) is -0.312. The van der Waals surface area contributed by atoms with Crippen molar-refractivity contribution in [1.29, 1.82) is 0 Å². The maximum absolute atomic E-state index is 12.7. The molecule has 1 aliphatic carbocycles. The Balaban J connectivity index is 2.17. The summed E-state index contributed by atoms with van der Waals surface area (Å²) in [6.45, 7) is 0.195. The molecule has 1 aromatic rings. The van der Waals surface area contributed by atoms with Crippen molar-refractivity contribution >= 4 is 11.6 Å². The fraction of sp³-hybridized carbons (Fsp3) is 0.455. The second-order valence-corrected chi connectivity index (χ2v) is 4.48. The van der Waals surface area contributed by atoms with Crippen LogP contribution in [0, 0.1) is 11.2 Å². The molecule has 2 rings (SSSR count). The van der Waals surface area contributed by atoms with Crippen molar-refractivity contribution in [2.45, 2.75) is 19.3 Å². The second kappa shape index (κ2) is 3.52. The molecule has 1 N–H and O–H groups in total. The molecule has 0 unspecified atom stereocenters. The van der Waals surface area contributed by atoms with Crippen molar-refractivity contribution in [3.05, 3.63) is 34.6 Å². The molecule has 14 heavy (non-hydrogen) atoms. The lowest BCUT2D eigenvalue weighted by molar-refractivity contribution is 0.211. The summed E-state index contributed by atoms with van der Waals surface area (Å²) in [5.41, 5.74) is 0.959. The van der Waals surface area contributed by atoms with Crippen LogP contribution >= 0.6 is 11.6 Å². The Labute approximate surface area is 87.5 Å². The number of halogens is 2. The molecule has 1 fully saturated rings. The summed E-state index contributed by atoms with van der Waals surface area (Å²) in [7, 11) is 0. The first-order chi connectivity index (χ1) is 6.65. The van der Waals surface area contributed by atoms with Gasteiger partial charge in [-0.15, -0.1) is 0 Å². The zero-order valence-corrected chi connectivity index (χ0v) is 8.52. The second-order valence-electron chi connectivity index (χ2n) is 4.07. The van der Waals surface area contributed by atoms with E-state index < -0.39 is 0 Å². The molecule has 1 nitrogen and oxygen atoms in total. The number of hydrogen-bond acceptors (Lipinski definition) is 1. The van der Waals surface area contributed by atoms with Gasteiger partial charge in [0.15, 0.2) is 0 Å². The molecule has 0 bridgehead atoms. The summed E-state index contributed by atoms with van der Waals surface area (Å²) < 4.78 is 12.7. The molecule has 0 aliphatic heterocycles.